The van der Waals surface area contributed by atoms with Gasteiger partial charge in [0, 0.05) is 12.6 Å². The summed E-state index contributed by atoms with van der Waals surface area (Å²) < 4.78 is 5.47. The van der Waals surface area contributed by atoms with Gasteiger partial charge in [-0.1, -0.05) is 0 Å². The second-order valence-corrected chi connectivity index (χ2v) is 4.08. The molecule has 1 fully saturated rings. The number of ether oxygens (including phenoxy) is 1. The van der Waals surface area contributed by atoms with Gasteiger partial charge in [-0.05, 0) is 47.0 Å². The summed E-state index contributed by atoms with van der Waals surface area (Å²) in [6.07, 6.45) is 2.79. The monoisotopic (exact) mass is 186 g/mol. The lowest BCUT2D eigenvalue weighted by Gasteiger charge is -2.16. The van der Waals surface area contributed by atoms with Crippen molar-refractivity contribution in [2.24, 2.45) is 0 Å². The van der Waals surface area contributed by atoms with Gasteiger partial charge in [0.25, 0.3) is 0 Å². The van der Waals surface area contributed by atoms with E-state index >= 15 is 0 Å². The molecule has 3 nitrogen and oxygen atoms in total. The van der Waals surface area contributed by atoms with Crippen LogP contribution in [-0.2, 0) is 4.74 Å². The molecule has 13 heavy (non-hydrogen) atoms. The Labute approximate surface area is 81.4 Å². The minimum absolute atomic E-state index is 0.402. The third-order valence-electron chi connectivity index (χ3n) is 2.56. The molecule has 0 amide bonds. The van der Waals surface area contributed by atoms with Crippen LogP contribution in [0, 0.1) is 0 Å². The quantitative estimate of drug-likeness (QED) is 0.640. The molecule has 0 saturated carbocycles. The zero-order valence-corrected chi connectivity index (χ0v) is 9.05. The van der Waals surface area contributed by atoms with Gasteiger partial charge in [-0.3, -0.25) is 0 Å². The highest BCUT2D eigenvalue weighted by Crippen LogP contribution is 2.12. The van der Waals surface area contributed by atoms with Gasteiger partial charge in [0.05, 0.1) is 6.10 Å². The van der Waals surface area contributed by atoms with Gasteiger partial charge in [0.2, 0.25) is 0 Å². The Balaban J connectivity index is 1.99. The van der Waals surface area contributed by atoms with Crippen molar-refractivity contribution >= 4 is 0 Å². The van der Waals surface area contributed by atoms with Gasteiger partial charge in [0.1, 0.15) is 0 Å². The standard InChI is InChI=1S/C10H22N2O/c1-9-10(5-8-13-9)11-6-4-7-12(2)3/h9-11H,4-8H2,1-3H3/t9-,10-/m0/s1. The Morgan fingerprint density at radius 2 is 2.23 bits per heavy atom. The van der Waals surface area contributed by atoms with Crippen LogP contribution in [0.3, 0.4) is 0 Å². The maximum atomic E-state index is 5.47. The fourth-order valence-electron chi connectivity index (χ4n) is 1.68. The lowest BCUT2D eigenvalue weighted by Crippen LogP contribution is -2.36. The average molecular weight is 186 g/mol. The van der Waals surface area contributed by atoms with Crippen molar-refractivity contribution in [2.45, 2.75) is 31.9 Å². The molecule has 1 rings (SSSR count). The molecule has 1 aliphatic heterocycles. The van der Waals surface area contributed by atoms with Gasteiger partial charge in [-0.15, -0.1) is 0 Å². The van der Waals surface area contributed by atoms with E-state index in [1.165, 1.54) is 12.8 Å². The van der Waals surface area contributed by atoms with Crippen LogP contribution >= 0.6 is 0 Å². The number of hydrogen-bond acceptors (Lipinski definition) is 3. The topological polar surface area (TPSA) is 24.5 Å². The molecule has 3 heteroatoms. The van der Waals surface area contributed by atoms with Crippen molar-refractivity contribution in [3.63, 3.8) is 0 Å². The van der Waals surface area contributed by atoms with E-state index < -0.39 is 0 Å². The lowest BCUT2D eigenvalue weighted by atomic mass is 10.1. The van der Waals surface area contributed by atoms with Gasteiger partial charge in [0.15, 0.2) is 0 Å². The highest BCUT2D eigenvalue weighted by molar-refractivity contribution is 4.78. The van der Waals surface area contributed by atoms with Crippen LogP contribution in [-0.4, -0.2) is 50.8 Å². The van der Waals surface area contributed by atoms with Gasteiger partial charge >= 0.3 is 0 Å². The van der Waals surface area contributed by atoms with E-state index in [1.54, 1.807) is 0 Å². The Hall–Kier alpha value is -0.120. The molecule has 0 spiro atoms. The highest BCUT2D eigenvalue weighted by atomic mass is 16.5. The molecule has 0 radical (unpaired) electrons. The number of nitrogens with one attached hydrogen (secondary N) is 1. The molecule has 2 atom stereocenters. The summed E-state index contributed by atoms with van der Waals surface area (Å²) in [5.41, 5.74) is 0. The summed E-state index contributed by atoms with van der Waals surface area (Å²) in [6, 6.07) is 0.585. The molecule has 0 unspecified atom stereocenters. The molecule has 1 aliphatic rings. The summed E-state index contributed by atoms with van der Waals surface area (Å²) in [5.74, 6) is 0. The zero-order valence-electron chi connectivity index (χ0n) is 9.05. The Kier molecular flexibility index (Phi) is 4.70. The highest BCUT2D eigenvalue weighted by Gasteiger charge is 2.22. The summed E-state index contributed by atoms with van der Waals surface area (Å²) in [5, 5.41) is 3.54. The number of rotatable bonds is 5. The Morgan fingerprint density at radius 1 is 1.46 bits per heavy atom. The summed E-state index contributed by atoms with van der Waals surface area (Å²) in [7, 11) is 4.22. The minimum Gasteiger partial charge on any atom is -0.377 e. The van der Waals surface area contributed by atoms with Crippen molar-refractivity contribution < 1.29 is 4.74 Å². The van der Waals surface area contributed by atoms with Crippen molar-refractivity contribution in [1.29, 1.82) is 0 Å². The van der Waals surface area contributed by atoms with Gasteiger partial charge < -0.3 is 15.0 Å². The minimum atomic E-state index is 0.402. The molecule has 0 aromatic rings. The summed E-state index contributed by atoms with van der Waals surface area (Å²) in [6.45, 7) is 5.34. The molecule has 78 valence electrons. The molecule has 0 aromatic carbocycles. The van der Waals surface area contributed by atoms with Gasteiger partial charge in [-0.2, -0.15) is 0 Å². The van der Waals surface area contributed by atoms with E-state index in [0.29, 0.717) is 12.1 Å². The zero-order chi connectivity index (χ0) is 9.68. The normalized spacial score (nSPS) is 28.6. The average Bonchev–Trinajstić information content (AvgIpc) is 2.45. The van der Waals surface area contributed by atoms with Crippen LogP contribution in [0.5, 0.6) is 0 Å². The summed E-state index contributed by atoms with van der Waals surface area (Å²) in [4.78, 5) is 2.22. The second-order valence-electron chi connectivity index (χ2n) is 4.08. The lowest BCUT2D eigenvalue weighted by molar-refractivity contribution is 0.113. The molecule has 1 heterocycles. The predicted octanol–water partition coefficient (Wildman–Crippen LogP) is 0.705. The molecule has 0 aromatic heterocycles. The first-order valence-electron chi connectivity index (χ1n) is 5.20. The fraction of sp³-hybridized carbons (Fsp3) is 1.00. The van der Waals surface area contributed by atoms with Crippen molar-refractivity contribution in [3.8, 4) is 0 Å². The van der Waals surface area contributed by atoms with E-state index in [0.717, 1.165) is 19.7 Å². The van der Waals surface area contributed by atoms with Crippen LogP contribution in [0.15, 0.2) is 0 Å². The number of hydrogen-bond donors (Lipinski definition) is 1. The maximum absolute atomic E-state index is 5.47. The maximum Gasteiger partial charge on any atom is 0.0700 e. The third kappa shape index (κ3) is 4.07. The van der Waals surface area contributed by atoms with E-state index in [2.05, 4.69) is 31.2 Å². The van der Waals surface area contributed by atoms with Gasteiger partial charge in [-0.25, -0.2) is 0 Å². The van der Waals surface area contributed by atoms with Crippen LogP contribution in [0.4, 0.5) is 0 Å². The second kappa shape index (κ2) is 5.58. The van der Waals surface area contributed by atoms with Crippen molar-refractivity contribution in [2.75, 3.05) is 33.8 Å². The predicted molar refractivity (Wildman–Crippen MR) is 55.0 cm³/mol. The van der Waals surface area contributed by atoms with E-state index in [-0.39, 0.29) is 0 Å². The van der Waals surface area contributed by atoms with Crippen LogP contribution in [0.2, 0.25) is 0 Å². The Morgan fingerprint density at radius 3 is 2.77 bits per heavy atom. The molecular formula is C10H22N2O. The first kappa shape index (κ1) is 11.0. The largest absolute Gasteiger partial charge is 0.377 e. The van der Waals surface area contributed by atoms with Crippen molar-refractivity contribution in [3.05, 3.63) is 0 Å². The first-order valence-corrected chi connectivity index (χ1v) is 5.20. The fourth-order valence-corrected chi connectivity index (χ4v) is 1.68. The van der Waals surface area contributed by atoms with E-state index in [1.807, 2.05) is 0 Å². The number of nitrogens with zero attached hydrogens (tertiary/aromatic N) is 1. The smallest absolute Gasteiger partial charge is 0.0700 e. The van der Waals surface area contributed by atoms with Crippen LogP contribution in [0.1, 0.15) is 19.8 Å². The SMILES string of the molecule is C[C@@H]1OCC[C@@H]1NCCCN(C)C. The molecule has 1 N–H and O–H groups in total. The molecule has 0 aliphatic carbocycles. The van der Waals surface area contributed by atoms with E-state index in [4.69, 9.17) is 4.74 Å². The molecular weight excluding hydrogens is 164 g/mol. The van der Waals surface area contributed by atoms with E-state index in [9.17, 15) is 0 Å². The third-order valence-corrected chi connectivity index (χ3v) is 2.56. The summed E-state index contributed by atoms with van der Waals surface area (Å²) >= 11 is 0. The molecule has 1 saturated heterocycles. The molecule has 0 bridgehead atoms. The Bertz CT molecular complexity index is 139. The van der Waals surface area contributed by atoms with Crippen molar-refractivity contribution in [1.82, 2.24) is 10.2 Å². The van der Waals surface area contributed by atoms with Crippen LogP contribution < -0.4 is 5.32 Å². The van der Waals surface area contributed by atoms with Crippen LogP contribution in [0.25, 0.3) is 0 Å². The first-order chi connectivity index (χ1) is 6.20.